The molecule has 1 heterocycles. The Balaban J connectivity index is 2.24. The number of rotatable bonds is 2. The number of nitrogens with zero attached hydrogens (tertiary/aromatic N) is 2. The van der Waals surface area contributed by atoms with Gasteiger partial charge in [0.15, 0.2) is 9.84 Å². The van der Waals surface area contributed by atoms with E-state index in [0.29, 0.717) is 32.6 Å². The van der Waals surface area contributed by atoms with E-state index in [-0.39, 0.29) is 22.3 Å². The zero-order chi connectivity index (χ0) is 16.3. The molecule has 0 bridgehead atoms. The molecule has 0 saturated carbocycles. The van der Waals surface area contributed by atoms with Gasteiger partial charge in [0.2, 0.25) is 5.91 Å². The van der Waals surface area contributed by atoms with Crippen LogP contribution in [0.25, 0.3) is 0 Å². The molecule has 0 atom stereocenters. The lowest BCUT2D eigenvalue weighted by Gasteiger charge is -2.22. The number of hydrogen-bond donors (Lipinski definition) is 0. The molecule has 0 aliphatic carbocycles. The van der Waals surface area contributed by atoms with Crippen LogP contribution in [0.15, 0.2) is 29.2 Å². The van der Waals surface area contributed by atoms with Crippen molar-refractivity contribution in [1.29, 1.82) is 0 Å². The van der Waals surface area contributed by atoms with Gasteiger partial charge in [-0.05, 0) is 18.6 Å². The van der Waals surface area contributed by atoms with Crippen molar-refractivity contribution in [3.63, 3.8) is 0 Å². The van der Waals surface area contributed by atoms with Gasteiger partial charge in [-0.2, -0.15) is 0 Å². The topological polar surface area (TPSA) is 74.8 Å². The molecule has 1 aromatic rings. The van der Waals surface area contributed by atoms with Crippen LogP contribution in [0.2, 0.25) is 0 Å². The first-order valence-electron chi connectivity index (χ1n) is 7.14. The third-order valence-electron chi connectivity index (χ3n) is 3.75. The van der Waals surface area contributed by atoms with Crippen molar-refractivity contribution >= 4 is 21.7 Å². The second-order valence-electron chi connectivity index (χ2n) is 5.42. The average molecular weight is 324 g/mol. The number of carbonyl (C=O) groups excluding carboxylic acids is 2. The molecule has 1 aliphatic rings. The summed E-state index contributed by atoms with van der Waals surface area (Å²) < 4.78 is 23.7. The summed E-state index contributed by atoms with van der Waals surface area (Å²) in [6, 6.07) is 6.24. The van der Waals surface area contributed by atoms with E-state index in [1.807, 2.05) is 0 Å². The van der Waals surface area contributed by atoms with Crippen LogP contribution in [-0.4, -0.2) is 62.5 Å². The van der Waals surface area contributed by atoms with E-state index in [9.17, 15) is 18.0 Å². The van der Waals surface area contributed by atoms with E-state index in [1.54, 1.807) is 21.9 Å². The van der Waals surface area contributed by atoms with E-state index in [0.717, 1.165) is 6.26 Å². The van der Waals surface area contributed by atoms with E-state index < -0.39 is 9.84 Å². The van der Waals surface area contributed by atoms with Crippen LogP contribution in [0.1, 0.15) is 23.7 Å². The molecule has 1 aliphatic heterocycles. The van der Waals surface area contributed by atoms with Crippen molar-refractivity contribution in [2.75, 3.05) is 32.4 Å². The molecule has 1 fully saturated rings. The quantitative estimate of drug-likeness (QED) is 0.806. The van der Waals surface area contributed by atoms with Gasteiger partial charge in [0.05, 0.1) is 10.5 Å². The number of sulfone groups is 1. The van der Waals surface area contributed by atoms with Crippen molar-refractivity contribution in [2.24, 2.45) is 0 Å². The van der Waals surface area contributed by atoms with Gasteiger partial charge in [0, 0.05) is 39.4 Å². The summed E-state index contributed by atoms with van der Waals surface area (Å²) >= 11 is 0. The third-order valence-corrected chi connectivity index (χ3v) is 4.90. The van der Waals surface area contributed by atoms with Crippen LogP contribution in [0.4, 0.5) is 0 Å². The number of amides is 2. The van der Waals surface area contributed by atoms with Crippen LogP contribution in [0.3, 0.4) is 0 Å². The molecule has 0 spiro atoms. The standard InChI is InChI=1S/C15H20N2O4S/c1-12(18)16-8-5-9-17(11-10-16)15(19)13-6-3-4-7-14(13)22(2,20)21/h3-4,6-7H,5,8-11H2,1-2H3. The van der Waals surface area contributed by atoms with Crippen LogP contribution >= 0.6 is 0 Å². The SMILES string of the molecule is CC(=O)N1CCCN(C(=O)c2ccccc2S(C)(=O)=O)CC1. The number of benzene rings is 1. The molecule has 120 valence electrons. The van der Waals surface area contributed by atoms with Gasteiger partial charge in [0.25, 0.3) is 5.91 Å². The molecule has 0 N–H and O–H groups in total. The van der Waals surface area contributed by atoms with Crippen LogP contribution < -0.4 is 0 Å². The number of carbonyl (C=O) groups is 2. The Morgan fingerprint density at radius 3 is 2.23 bits per heavy atom. The molecular formula is C15H20N2O4S. The third kappa shape index (κ3) is 3.65. The highest BCUT2D eigenvalue weighted by atomic mass is 32.2. The largest absolute Gasteiger partial charge is 0.341 e. The highest BCUT2D eigenvalue weighted by Crippen LogP contribution is 2.18. The van der Waals surface area contributed by atoms with Gasteiger partial charge < -0.3 is 9.80 Å². The van der Waals surface area contributed by atoms with Crippen molar-refractivity contribution in [3.05, 3.63) is 29.8 Å². The second kappa shape index (κ2) is 6.48. The highest BCUT2D eigenvalue weighted by molar-refractivity contribution is 7.90. The van der Waals surface area contributed by atoms with Gasteiger partial charge >= 0.3 is 0 Å². The van der Waals surface area contributed by atoms with Gasteiger partial charge in [0.1, 0.15) is 0 Å². The maximum Gasteiger partial charge on any atom is 0.255 e. The van der Waals surface area contributed by atoms with Crippen molar-refractivity contribution < 1.29 is 18.0 Å². The summed E-state index contributed by atoms with van der Waals surface area (Å²) in [6.45, 7) is 3.53. The first kappa shape index (κ1) is 16.5. The van der Waals surface area contributed by atoms with Crippen LogP contribution in [-0.2, 0) is 14.6 Å². The Morgan fingerprint density at radius 1 is 1.00 bits per heavy atom. The molecule has 0 unspecified atom stereocenters. The Hall–Kier alpha value is -1.89. The number of hydrogen-bond acceptors (Lipinski definition) is 4. The summed E-state index contributed by atoms with van der Waals surface area (Å²) in [5.41, 5.74) is 0.196. The van der Waals surface area contributed by atoms with E-state index in [2.05, 4.69) is 0 Å². The Morgan fingerprint density at radius 2 is 1.59 bits per heavy atom. The predicted molar refractivity (Wildman–Crippen MR) is 82.3 cm³/mol. The lowest BCUT2D eigenvalue weighted by atomic mass is 10.2. The minimum atomic E-state index is -3.46. The molecule has 7 heteroatoms. The maximum atomic E-state index is 12.7. The summed E-state index contributed by atoms with van der Waals surface area (Å²) in [5.74, 6) is -0.308. The van der Waals surface area contributed by atoms with Gasteiger partial charge in [-0.15, -0.1) is 0 Å². The fourth-order valence-corrected chi connectivity index (χ4v) is 3.45. The van der Waals surface area contributed by atoms with Gasteiger partial charge in [-0.1, -0.05) is 12.1 Å². The van der Waals surface area contributed by atoms with E-state index in [1.165, 1.54) is 19.1 Å². The molecular weight excluding hydrogens is 304 g/mol. The van der Waals surface area contributed by atoms with Gasteiger partial charge in [-0.3, -0.25) is 9.59 Å². The summed E-state index contributed by atoms with van der Waals surface area (Å²) in [4.78, 5) is 27.5. The molecule has 1 aromatic carbocycles. The molecule has 0 aromatic heterocycles. The zero-order valence-electron chi connectivity index (χ0n) is 12.8. The molecule has 0 radical (unpaired) electrons. The predicted octanol–water partition coefficient (Wildman–Crippen LogP) is 0.784. The maximum absolute atomic E-state index is 12.7. The van der Waals surface area contributed by atoms with Crippen molar-refractivity contribution in [2.45, 2.75) is 18.2 Å². The Labute approximate surface area is 130 Å². The lowest BCUT2D eigenvalue weighted by molar-refractivity contribution is -0.128. The van der Waals surface area contributed by atoms with Gasteiger partial charge in [-0.25, -0.2) is 8.42 Å². The molecule has 2 rings (SSSR count). The summed E-state index contributed by atoms with van der Waals surface area (Å²) in [7, 11) is -3.46. The average Bonchev–Trinajstić information content (AvgIpc) is 2.71. The van der Waals surface area contributed by atoms with E-state index in [4.69, 9.17) is 0 Å². The Bertz CT molecular complexity index is 685. The summed E-state index contributed by atoms with van der Waals surface area (Å²) in [5, 5.41) is 0. The van der Waals surface area contributed by atoms with Crippen molar-refractivity contribution in [3.8, 4) is 0 Å². The Kier molecular flexibility index (Phi) is 4.85. The first-order chi connectivity index (χ1) is 10.3. The second-order valence-corrected chi connectivity index (χ2v) is 7.40. The molecule has 22 heavy (non-hydrogen) atoms. The normalized spacial score (nSPS) is 16.3. The van der Waals surface area contributed by atoms with Crippen molar-refractivity contribution in [1.82, 2.24) is 9.80 Å². The monoisotopic (exact) mass is 324 g/mol. The molecule has 6 nitrogen and oxygen atoms in total. The minimum Gasteiger partial charge on any atom is -0.341 e. The minimum absolute atomic E-state index is 0.00849. The molecule has 2 amide bonds. The summed E-state index contributed by atoms with van der Waals surface area (Å²) in [6.07, 6.45) is 1.78. The lowest BCUT2D eigenvalue weighted by Crippen LogP contribution is -2.37. The fraction of sp³-hybridized carbons (Fsp3) is 0.467. The fourth-order valence-electron chi connectivity index (χ4n) is 2.57. The molecule has 1 saturated heterocycles. The first-order valence-corrected chi connectivity index (χ1v) is 9.03. The van der Waals surface area contributed by atoms with Crippen LogP contribution in [0.5, 0.6) is 0 Å². The zero-order valence-corrected chi connectivity index (χ0v) is 13.6. The van der Waals surface area contributed by atoms with E-state index >= 15 is 0 Å². The van der Waals surface area contributed by atoms with Crippen LogP contribution in [0, 0.1) is 0 Å². The highest BCUT2D eigenvalue weighted by Gasteiger charge is 2.25. The smallest absolute Gasteiger partial charge is 0.255 e.